The summed E-state index contributed by atoms with van der Waals surface area (Å²) in [6, 6.07) is 15.6. The van der Waals surface area contributed by atoms with Gasteiger partial charge in [-0.1, -0.05) is 48.0 Å². The van der Waals surface area contributed by atoms with Crippen LogP contribution in [-0.2, 0) is 11.8 Å². The second-order valence-corrected chi connectivity index (χ2v) is 5.45. The molecule has 0 bridgehead atoms. The number of benzene rings is 2. The zero-order valence-corrected chi connectivity index (χ0v) is 12.5. The van der Waals surface area contributed by atoms with Gasteiger partial charge in [0.1, 0.15) is 5.75 Å². The molecule has 0 amide bonds. The average Bonchev–Trinajstić information content (AvgIpc) is 2.54. The highest BCUT2D eigenvalue weighted by molar-refractivity contribution is 5.38. The van der Waals surface area contributed by atoms with E-state index in [9.17, 15) is 10.2 Å². The lowest BCUT2D eigenvalue weighted by Crippen LogP contribution is -2.37. The third-order valence-corrected chi connectivity index (χ3v) is 3.99. The van der Waals surface area contributed by atoms with Gasteiger partial charge >= 0.3 is 0 Å². The standard InChI is InChI=1S/C18H22O3/c1-14-7-9-16(10-8-14)18(12-19,13-20)11-15-5-3-4-6-17(15)21-2/h3-10,19-20H,11-13H2,1-2H3. The molecule has 0 saturated heterocycles. The van der Waals surface area contributed by atoms with Crippen LogP contribution in [0.15, 0.2) is 48.5 Å². The maximum Gasteiger partial charge on any atom is 0.122 e. The van der Waals surface area contributed by atoms with Gasteiger partial charge in [0.15, 0.2) is 0 Å². The first-order chi connectivity index (χ1) is 10.1. The number of aryl methyl sites for hydroxylation is 1. The van der Waals surface area contributed by atoms with E-state index in [1.165, 1.54) is 0 Å². The highest BCUT2D eigenvalue weighted by atomic mass is 16.5. The molecule has 21 heavy (non-hydrogen) atoms. The van der Waals surface area contributed by atoms with E-state index >= 15 is 0 Å². The molecule has 0 aliphatic heterocycles. The van der Waals surface area contributed by atoms with Gasteiger partial charge in [0.2, 0.25) is 0 Å². The molecule has 0 spiro atoms. The first-order valence-corrected chi connectivity index (χ1v) is 7.06. The quantitative estimate of drug-likeness (QED) is 0.857. The summed E-state index contributed by atoms with van der Waals surface area (Å²) in [5.74, 6) is 0.774. The molecule has 2 aromatic rings. The monoisotopic (exact) mass is 286 g/mol. The zero-order valence-electron chi connectivity index (χ0n) is 12.5. The van der Waals surface area contributed by atoms with Gasteiger partial charge in [0, 0.05) is 5.41 Å². The number of methoxy groups -OCH3 is 1. The predicted octanol–water partition coefficient (Wildman–Crippen LogP) is 2.47. The van der Waals surface area contributed by atoms with Gasteiger partial charge in [-0.3, -0.25) is 0 Å². The molecule has 0 fully saturated rings. The Bertz CT molecular complexity index is 571. The predicted molar refractivity (Wildman–Crippen MR) is 83.7 cm³/mol. The Morgan fingerprint density at radius 3 is 2.14 bits per heavy atom. The number of aliphatic hydroxyl groups excluding tert-OH is 2. The Morgan fingerprint density at radius 2 is 1.57 bits per heavy atom. The van der Waals surface area contributed by atoms with Gasteiger partial charge in [-0.05, 0) is 30.5 Å². The number of hydrogen-bond acceptors (Lipinski definition) is 3. The summed E-state index contributed by atoms with van der Waals surface area (Å²) in [4.78, 5) is 0. The van der Waals surface area contributed by atoms with E-state index in [4.69, 9.17) is 4.74 Å². The molecule has 0 radical (unpaired) electrons. The first kappa shape index (κ1) is 15.5. The number of para-hydroxylation sites is 1. The maximum atomic E-state index is 9.92. The molecule has 3 nitrogen and oxygen atoms in total. The van der Waals surface area contributed by atoms with E-state index < -0.39 is 5.41 Å². The maximum absolute atomic E-state index is 9.92. The second kappa shape index (κ2) is 6.74. The molecule has 0 saturated carbocycles. The van der Waals surface area contributed by atoms with Crippen molar-refractivity contribution in [1.82, 2.24) is 0 Å². The van der Waals surface area contributed by atoms with Crippen molar-refractivity contribution in [2.75, 3.05) is 20.3 Å². The number of ether oxygens (including phenoxy) is 1. The van der Waals surface area contributed by atoms with Gasteiger partial charge in [-0.25, -0.2) is 0 Å². The lowest BCUT2D eigenvalue weighted by atomic mass is 9.76. The van der Waals surface area contributed by atoms with Crippen LogP contribution in [0, 0.1) is 6.92 Å². The van der Waals surface area contributed by atoms with Gasteiger partial charge in [-0.2, -0.15) is 0 Å². The molecule has 2 aromatic carbocycles. The molecule has 0 unspecified atom stereocenters. The zero-order chi connectivity index (χ0) is 15.3. The molecule has 3 heteroatoms. The molecule has 0 heterocycles. The lowest BCUT2D eigenvalue weighted by molar-refractivity contribution is 0.115. The second-order valence-electron chi connectivity index (χ2n) is 5.45. The Morgan fingerprint density at radius 1 is 0.952 bits per heavy atom. The fourth-order valence-electron chi connectivity index (χ4n) is 2.57. The molecule has 112 valence electrons. The van der Waals surface area contributed by atoms with Crippen LogP contribution in [0.4, 0.5) is 0 Å². The van der Waals surface area contributed by atoms with Crippen molar-refractivity contribution in [3.05, 3.63) is 65.2 Å². The van der Waals surface area contributed by atoms with Crippen LogP contribution in [-0.4, -0.2) is 30.5 Å². The molecular weight excluding hydrogens is 264 g/mol. The smallest absolute Gasteiger partial charge is 0.122 e. The van der Waals surface area contributed by atoms with Crippen LogP contribution in [0.2, 0.25) is 0 Å². The molecule has 0 aliphatic carbocycles. The van der Waals surface area contributed by atoms with Crippen molar-refractivity contribution in [2.45, 2.75) is 18.8 Å². The van der Waals surface area contributed by atoms with Crippen molar-refractivity contribution >= 4 is 0 Å². The number of hydrogen-bond donors (Lipinski definition) is 2. The molecule has 2 N–H and O–H groups in total. The highest BCUT2D eigenvalue weighted by Gasteiger charge is 2.32. The van der Waals surface area contributed by atoms with Crippen LogP contribution in [0.3, 0.4) is 0 Å². The van der Waals surface area contributed by atoms with Gasteiger partial charge in [0.25, 0.3) is 0 Å². The highest BCUT2D eigenvalue weighted by Crippen LogP contribution is 2.31. The molecular formula is C18H22O3. The van der Waals surface area contributed by atoms with Crippen LogP contribution in [0.25, 0.3) is 0 Å². The number of rotatable bonds is 6. The molecule has 0 aliphatic rings. The summed E-state index contributed by atoms with van der Waals surface area (Å²) < 4.78 is 5.37. The molecule has 2 rings (SSSR count). The van der Waals surface area contributed by atoms with Crippen molar-refractivity contribution < 1.29 is 14.9 Å². The Kier molecular flexibility index (Phi) is 4.99. The third kappa shape index (κ3) is 3.26. The third-order valence-electron chi connectivity index (χ3n) is 3.99. The van der Waals surface area contributed by atoms with Crippen LogP contribution >= 0.6 is 0 Å². The van der Waals surface area contributed by atoms with Crippen molar-refractivity contribution in [3.63, 3.8) is 0 Å². The number of aliphatic hydroxyl groups is 2. The Labute approximate surface area is 125 Å². The van der Waals surface area contributed by atoms with E-state index in [0.29, 0.717) is 6.42 Å². The summed E-state index contributed by atoms with van der Waals surface area (Å²) in [7, 11) is 1.63. The summed E-state index contributed by atoms with van der Waals surface area (Å²) in [5, 5.41) is 19.8. The molecule has 0 atom stereocenters. The average molecular weight is 286 g/mol. The summed E-state index contributed by atoms with van der Waals surface area (Å²) in [5.41, 5.74) is 2.36. The van der Waals surface area contributed by atoms with E-state index in [1.807, 2.05) is 55.5 Å². The van der Waals surface area contributed by atoms with E-state index in [0.717, 1.165) is 22.4 Å². The largest absolute Gasteiger partial charge is 0.496 e. The van der Waals surface area contributed by atoms with Crippen LogP contribution < -0.4 is 4.74 Å². The van der Waals surface area contributed by atoms with Crippen molar-refractivity contribution in [3.8, 4) is 5.75 Å². The van der Waals surface area contributed by atoms with Crippen LogP contribution in [0.1, 0.15) is 16.7 Å². The van der Waals surface area contributed by atoms with E-state index in [-0.39, 0.29) is 13.2 Å². The van der Waals surface area contributed by atoms with Gasteiger partial charge in [0.05, 0.1) is 20.3 Å². The SMILES string of the molecule is COc1ccccc1CC(CO)(CO)c1ccc(C)cc1. The van der Waals surface area contributed by atoms with Crippen molar-refractivity contribution in [1.29, 1.82) is 0 Å². The van der Waals surface area contributed by atoms with E-state index in [2.05, 4.69) is 0 Å². The van der Waals surface area contributed by atoms with E-state index in [1.54, 1.807) is 7.11 Å². The summed E-state index contributed by atoms with van der Waals surface area (Å²) >= 11 is 0. The summed E-state index contributed by atoms with van der Waals surface area (Å²) in [6.07, 6.45) is 0.521. The minimum Gasteiger partial charge on any atom is -0.496 e. The Balaban J connectivity index is 2.40. The first-order valence-electron chi connectivity index (χ1n) is 7.06. The minimum atomic E-state index is -0.706. The summed E-state index contributed by atoms with van der Waals surface area (Å²) in [6.45, 7) is 1.78. The van der Waals surface area contributed by atoms with Crippen LogP contribution in [0.5, 0.6) is 5.75 Å². The van der Waals surface area contributed by atoms with Crippen molar-refractivity contribution in [2.24, 2.45) is 0 Å². The fourth-order valence-corrected chi connectivity index (χ4v) is 2.57. The molecule has 0 aromatic heterocycles. The normalized spacial score (nSPS) is 11.4. The fraction of sp³-hybridized carbons (Fsp3) is 0.333. The van der Waals surface area contributed by atoms with Gasteiger partial charge in [-0.15, -0.1) is 0 Å². The topological polar surface area (TPSA) is 49.7 Å². The lowest BCUT2D eigenvalue weighted by Gasteiger charge is -2.31. The Hall–Kier alpha value is -1.84. The van der Waals surface area contributed by atoms with Gasteiger partial charge < -0.3 is 14.9 Å². The minimum absolute atomic E-state index is 0.120.